The lowest BCUT2D eigenvalue weighted by Gasteiger charge is -2.47. The van der Waals surface area contributed by atoms with Gasteiger partial charge in [0.1, 0.15) is 60.5 Å². The summed E-state index contributed by atoms with van der Waals surface area (Å²) in [5.74, 6) is 1.42. The maximum absolute atomic E-state index is 11.5. The van der Waals surface area contributed by atoms with Gasteiger partial charge >= 0.3 is 0 Å². The first kappa shape index (κ1) is 31.5. The van der Waals surface area contributed by atoms with Crippen molar-refractivity contribution >= 4 is 0 Å². The molecule has 0 aliphatic carbocycles. The van der Waals surface area contributed by atoms with Crippen LogP contribution in [0.2, 0.25) is 0 Å². The topological polar surface area (TPSA) is 192 Å². The fourth-order valence-electron chi connectivity index (χ4n) is 4.95. The Labute approximate surface area is 238 Å². The first-order valence-corrected chi connectivity index (χ1v) is 13.4. The zero-order valence-corrected chi connectivity index (χ0v) is 22.9. The van der Waals surface area contributed by atoms with Crippen LogP contribution in [0.15, 0.2) is 48.5 Å². The van der Waals surface area contributed by atoms with Crippen molar-refractivity contribution in [1.29, 1.82) is 0 Å². The molecule has 0 amide bonds. The molecule has 2 saturated heterocycles. The summed E-state index contributed by atoms with van der Waals surface area (Å²) in [4.78, 5) is 0. The first-order valence-electron chi connectivity index (χ1n) is 13.4. The van der Waals surface area contributed by atoms with E-state index in [1.165, 1.54) is 0 Å². The smallest absolute Gasteiger partial charge is 0.187 e. The molecule has 41 heavy (non-hydrogen) atoms. The quantitative estimate of drug-likeness (QED) is 0.141. The van der Waals surface area contributed by atoms with Crippen LogP contribution < -0.4 is 20.1 Å². The number of benzene rings is 2. The molecule has 8 N–H and O–H groups in total. The summed E-state index contributed by atoms with van der Waals surface area (Å²) < 4.78 is 27.9. The second-order valence-electron chi connectivity index (χ2n) is 10.1. The van der Waals surface area contributed by atoms with E-state index in [9.17, 15) is 30.6 Å². The van der Waals surface area contributed by atoms with Gasteiger partial charge in [-0.2, -0.15) is 0 Å². The Morgan fingerprint density at radius 1 is 0.659 bits per heavy atom. The van der Waals surface area contributed by atoms with Gasteiger partial charge in [-0.05, 0) is 35.4 Å². The Morgan fingerprint density at radius 2 is 1.20 bits per heavy atom. The number of rotatable bonds is 12. The minimum absolute atomic E-state index is 0.340. The molecule has 0 radical (unpaired) electrons. The predicted octanol–water partition coefficient (Wildman–Crippen LogP) is -1.78. The number of hydrogen-bond acceptors (Lipinski definition) is 13. The van der Waals surface area contributed by atoms with Crippen LogP contribution in [0.3, 0.4) is 0 Å². The SMILES string of the molecule is COc1ccc(CN[C@@H]2[C@@H](O)[C@H](O[C@H]3O[C@H](CO)[C@H](O)[C@H](O)[C@H]3O)[C@@H](CO)O[C@H]2NCc2ccc(OC)cc2)cc1. The van der Waals surface area contributed by atoms with Crippen molar-refractivity contribution in [1.82, 2.24) is 10.6 Å². The van der Waals surface area contributed by atoms with Crippen LogP contribution in [0, 0.1) is 0 Å². The van der Waals surface area contributed by atoms with Gasteiger partial charge in [0.05, 0.1) is 33.5 Å². The maximum atomic E-state index is 11.5. The Bertz CT molecular complexity index is 1060. The van der Waals surface area contributed by atoms with Crippen molar-refractivity contribution < 1.29 is 54.3 Å². The molecule has 0 aromatic heterocycles. The molecule has 2 aliphatic heterocycles. The molecule has 13 heteroatoms. The second kappa shape index (κ2) is 14.7. The highest BCUT2D eigenvalue weighted by atomic mass is 16.7. The molecule has 0 bridgehead atoms. The summed E-state index contributed by atoms with van der Waals surface area (Å²) in [5, 5.41) is 68.6. The van der Waals surface area contributed by atoms with E-state index < -0.39 is 74.5 Å². The molecule has 0 saturated carbocycles. The van der Waals surface area contributed by atoms with Crippen molar-refractivity contribution in [2.45, 2.75) is 74.4 Å². The predicted molar refractivity (Wildman–Crippen MR) is 144 cm³/mol. The first-order chi connectivity index (χ1) is 19.8. The Kier molecular flexibility index (Phi) is 11.3. The summed E-state index contributed by atoms with van der Waals surface area (Å²) in [6, 6.07) is 14.0. The fraction of sp³-hybridized carbons (Fsp3) is 0.571. The zero-order valence-electron chi connectivity index (χ0n) is 22.9. The number of hydrogen-bond donors (Lipinski definition) is 8. The Balaban J connectivity index is 1.52. The molecule has 2 aromatic rings. The third-order valence-corrected chi connectivity index (χ3v) is 7.41. The molecular formula is C28H40N2O11. The molecule has 228 valence electrons. The second-order valence-corrected chi connectivity index (χ2v) is 10.1. The van der Waals surface area contributed by atoms with Crippen molar-refractivity contribution in [3.8, 4) is 11.5 Å². The van der Waals surface area contributed by atoms with Crippen LogP contribution in [0.4, 0.5) is 0 Å². The standard InChI is InChI=1S/C28H40N2O11/c1-37-17-7-3-15(4-8-17)11-29-21-23(34)26(41-28-25(36)24(35)22(33)19(13-31)40-28)20(14-32)39-27(21)30-12-16-5-9-18(38-2)10-6-16/h3-10,19-36H,11-14H2,1-2H3/t19-,20-,21-,22+,23-,24+,25-,26-,27-,28-/m1/s1. The van der Waals surface area contributed by atoms with E-state index in [1.54, 1.807) is 14.2 Å². The molecule has 4 rings (SSSR count). The largest absolute Gasteiger partial charge is 0.497 e. The minimum atomic E-state index is -1.68. The lowest BCUT2D eigenvalue weighted by molar-refractivity contribution is -0.337. The van der Waals surface area contributed by atoms with E-state index in [1.807, 2.05) is 48.5 Å². The highest BCUT2D eigenvalue weighted by Gasteiger charge is 2.50. The van der Waals surface area contributed by atoms with Gasteiger partial charge < -0.3 is 59.6 Å². The molecule has 10 atom stereocenters. The van der Waals surface area contributed by atoms with Crippen LogP contribution in [0.5, 0.6) is 11.5 Å². The fourth-order valence-corrected chi connectivity index (χ4v) is 4.95. The lowest BCUT2D eigenvalue weighted by Crippen LogP contribution is -2.69. The Morgan fingerprint density at radius 3 is 1.71 bits per heavy atom. The molecule has 0 unspecified atom stereocenters. The number of methoxy groups -OCH3 is 2. The average Bonchev–Trinajstić information content (AvgIpc) is 3.01. The van der Waals surface area contributed by atoms with E-state index >= 15 is 0 Å². The lowest BCUT2D eigenvalue weighted by atomic mass is 9.94. The molecule has 2 aromatic carbocycles. The van der Waals surface area contributed by atoms with Crippen molar-refractivity contribution in [3.63, 3.8) is 0 Å². The third-order valence-electron chi connectivity index (χ3n) is 7.41. The minimum Gasteiger partial charge on any atom is -0.497 e. The van der Waals surface area contributed by atoms with Gasteiger partial charge in [-0.25, -0.2) is 0 Å². The Hall–Kier alpha value is -2.40. The normalized spacial score (nSPS) is 33.9. The molecule has 0 spiro atoms. The molecular weight excluding hydrogens is 540 g/mol. The summed E-state index contributed by atoms with van der Waals surface area (Å²) in [6.07, 6.45) is -12.0. The summed E-state index contributed by atoms with van der Waals surface area (Å²) in [6.45, 7) is -0.461. The van der Waals surface area contributed by atoms with E-state index in [0.717, 1.165) is 11.1 Å². The molecule has 13 nitrogen and oxygen atoms in total. The molecule has 2 aliphatic rings. The van der Waals surface area contributed by atoms with Crippen LogP contribution in [0.1, 0.15) is 11.1 Å². The van der Waals surface area contributed by atoms with Crippen LogP contribution in [0.25, 0.3) is 0 Å². The summed E-state index contributed by atoms with van der Waals surface area (Å²) in [7, 11) is 3.16. The van der Waals surface area contributed by atoms with Crippen LogP contribution in [-0.4, -0.2) is 119 Å². The van der Waals surface area contributed by atoms with Gasteiger partial charge in [0.15, 0.2) is 6.29 Å². The van der Waals surface area contributed by atoms with E-state index in [2.05, 4.69) is 10.6 Å². The van der Waals surface area contributed by atoms with Gasteiger partial charge in [0, 0.05) is 13.1 Å². The van der Waals surface area contributed by atoms with Gasteiger partial charge in [0.25, 0.3) is 0 Å². The molecule has 2 fully saturated rings. The summed E-state index contributed by atoms with van der Waals surface area (Å²) in [5.41, 5.74) is 1.83. The third kappa shape index (κ3) is 7.52. The number of nitrogens with one attached hydrogen (secondary N) is 2. The highest BCUT2D eigenvalue weighted by molar-refractivity contribution is 5.28. The van der Waals surface area contributed by atoms with Crippen LogP contribution in [-0.2, 0) is 27.3 Å². The van der Waals surface area contributed by atoms with Crippen molar-refractivity contribution in [2.75, 3.05) is 27.4 Å². The van der Waals surface area contributed by atoms with E-state index in [4.69, 9.17) is 23.7 Å². The van der Waals surface area contributed by atoms with Gasteiger partial charge in [-0.15, -0.1) is 0 Å². The van der Waals surface area contributed by atoms with Gasteiger partial charge in [0.2, 0.25) is 0 Å². The highest BCUT2D eigenvalue weighted by Crippen LogP contribution is 2.29. The van der Waals surface area contributed by atoms with Crippen LogP contribution >= 0.6 is 0 Å². The van der Waals surface area contributed by atoms with Crippen molar-refractivity contribution in [2.24, 2.45) is 0 Å². The zero-order chi connectivity index (χ0) is 29.5. The molecule has 2 heterocycles. The van der Waals surface area contributed by atoms with Crippen molar-refractivity contribution in [3.05, 3.63) is 59.7 Å². The van der Waals surface area contributed by atoms with E-state index in [-0.39, 0.29) is 0 Å². The number of aliphatic hydroxyl groups is 6. The van der Waals surface area contributed by atoms with Gasteiger partial charge in [-0.3, -0.25) is 5.32 Å². The maximum Gasteiger partial charge on any atom is 0.187 e. The summed E-state index contributed by atoms with van der Waals surface area (Å²) >= 11 is 0. The monoisotopic (exact) mass is 580 g/mol. The van der Waals surface area contributed by atoms with Gasteiger partial charge in [-0.1, -0.05) is 24.3 Å². The van der Waals surface area contributed by atoms with E-state index in [0.29, 0.717) is 24.6 Å². The number of ether oxygens (including phenoxy) is 5. The average molecular weight is 581 g/mol. The number of aliphatic hydroxyl groups excluding tert-OH is 6.